The van der Waals surface area contributed by atoms with Gasteiger partial charge in [0.2, 0.25) is 5.88 Å². The number of alkyl halides is 3. The zero-order valence-electron chi connectivity index (χ0n) is 20.8. The van der Waals surface area contributed by atoms with E-state index in [1.807, 2.05) is 17.9 Å². The number of piperidine rings is 1. The van der Waals surface area contributed by atoms with Crippen LogP contribution in [0.2, 0.25) is 0 Å². The Morgan fingerprint density at radius 2 is 1.87 bits per heavy atom. The third kappa shape index (κ3) is 4.80. The summed E-state index contributed by atoms with van der Waals surface area (Å²) >= 11 is 0. The van der Waals surface area contributed by atoms with Gasteiger partial charge in [0.05, 0.1) is 36.8 Å². The van der Waals surface area contributed by atoms with Crippen molar-refractivity contribution in [1.29, 1.82) is 0 Å². The Labute approximate surface area is 215 Å². The highest BCUT2D eigenvalue weighted by Crippen LogP contribution is 2.34. The summed E-state index contributed by atoms with van der Waals surface area (Å²) in [4.78, 5) is 28.3. The zero-order chi connectivity index (χ0) is 27.0. The molecule has 1 aliphatic rings. The molecule has 0 amide bonds. The molecule has 0 radical (unpaired) electrons. The van der Waals surface area contributed by atoms with Crippen LogP contribution in [-0.4, -0.2) is 39.7 Å². The lowest BCUT2D eigenvalue weighted by molar-refractivity contribution is -0.138. The van der Waals surface area contributed by atoms with Crippen LogP contribution in [0, 0.1) is 12.7 Å². The highest BCUT2D eigenvalue weighted by molar-refractivity contribution is 5.72. The van der Waals surface area contributed by atoms with Crippen LogP contribution in [0.1, 0.15) is 41.1 Å². The van der Waals surface area contributed by atoms with Crippen LogP contribution in [0.15, 0.2) is 53.6 Å². The first-order chi connectivity index (χ1) is 18.2. The van der Waals surface area contributed by atoms with Crippen LogP contribution in [0.25, 0.3) is 11.2 Å². The second-order valence-electron chi connectivity index (χ2n) is 9.27. The number of aryl methyl sites for hydroxylation is 1. The lowest BCUT2D eigenvalue weighted by Gasteiger charge is -2.34. The quantitative estimate of drug-likeness (QED) is 0.337. The van der Waals surface area contributed by atoms with Crippen LogP contribution >= 0.6 is 0 Å². The van der Waals surface area contributed by atoms with E-state index in [9.17, 15) is 22.4 Å². The molecule has 1 fully saturated rings. The molecule has 4 aromatic rings. The Morgan fingerprint density at radius 3 is 2.55 bits per heavy atom. The number of nitrogens with zero attached hydrogens (tertiary/aromatic N) is 5. The summed E-state index contributed by atoms with van der Waals surface area (Å²) in [7, 11) is 1.43. The number of ether oxygens (including phenoxy) is 1. The molecule has 7 nitrogen and oxygen atoms in total. The molecule has 0 bridgehead atoms. The van der Waals surface area contributed by atoms with Crippen molar-refractivity contribution in [3.63, 3.8) is 0 Å². The van der Waals surface area contributed by atoms with E-state index in [1.165, 1.54) is 36.2 Å². The van der Waals surface area contributed by atoms with E-state index in [0.717, 1.165) is 11.6 Å². The van der Waals surface area contributed by atoms with Crippen molar-refractivity contribution in [2.24, 2.45) is 0 Å². The van der Waals surface area contributed by atoms with Crippen LogP contribution in [-0.2, 0) is 12.7 Å². The Kier molecular flexibility index (Phi) is 6.77. The molecule has 0 saturated carbocycles. The molecule has 1 aliphatic heterocycles. The lowest BCUT2D eigenvalue weighted by Crippen LogP contribution is -2.36. The van der Waals surface area contributed by atoms with Crippen LogP contribution < -0.4 is 15.2 Å². The fourth-order valence-corrected chi connectivity index (χ4v) is 5.09. The van der Waals surface area contributed by atoms with Crippen molar-refractivity contribution in [2.45, 2.75) is 38.4 Å². The van der Waals surface area contributed by atoms with Gasteiger partial charge in [-0.25, -0.2) is 14.4 Å². The number of anilines is 1. The van der Waals surface area contributed by atoms with Gasteiger partial charge in [0.15, 0.2) is 5.65 Å². The smallest absolute Gasteiger partial charge is 0.418 e. The molecular weight excluding hydrogens is 502 g/mol. The van der Waals surface area contributed by atoms with Gasteiger partial charge in [0, 0.05) is 24.8 Å². The standard InChI is InChI=1S/C27H25F4N5O2/c1-16-5-3-7-20(28)24(16)35-11-8-17(9-12-35)18-13-21-25(33-14-23(34-21)38-2)36(26(18)37)15-22-19(27(29,30)31)6-4-10-32-22/h3-7,10,13-14,17H,8-9,11-12,15H2,1-2H3. The molecule has 0 spiro atoms. The number of methoxy groups -OCH3 is 1. The summed E-state index contributed by atoms with van der Waals surface area (Å²) < 4.78 is 61.9. The number of rotatable bonds is 5. The van der Waals surface area contributed by atoms with Crippen LogP contribution in [0.4, 0.5) is 23.2 Å². The van der Waals surface area contributed by atoms with Gasteiger partial charge in [-0.05, 0) is 55.5 Å². The summed E-state index contributed by atoms with van der Waals surface area (Å²) in [5, 5.41) is 0. The van der Waals surface area contributed by atoms with Gasteiger partial charge in [-0.2, -0.15) is 13.2 Å². The summed E-state index contributed by atoms with van der Waals surface area (Å²) in [5.41, 5.74) is 0.616. The number of pyridine rings is 2. The Bertz CT molecular complexity index is 1530. The van der Waals surface area contributed by atoms with Crippen LogP contribution in [0.3, 0.4) is 0 Å². The maximum absolute atomic E-state index is 14.5. The fourth-order valence-electron chi connectivity index (χ4n) is 5.09. The van der Waals surface area contributed by atoms with Gasteiger partial charge in [-0.3, -0.25) is 14.3 Å². The third-order valence-corrected chi connectivity index (χ3v) is 6.95. The molecule has 3 aromatic heterocycles. The van der Waals surface area contributed by atoms with E-state index < -0.39 is 23.8 Å². The summed E-state index contributed by atoms with van der Waals surface area (Å²) in [6.45, 7) is 2.47. The van der Waals surface area contributed by atoms with E-state index in [4.69, 9.17) is 4.74 Å². The Morgan fingerprint density at radius 1 is 1.11 bits per heavy atom. The number of halogens is 4. The molecular formula is C27H25F4N5O2. The molecule has 0 aliphatic carbocycles. The predicted octanol–water partition coefficient (Wildman–Crippen LogP) is 5.09. The largest absolute Gasteiger partial charge is 0.480 e. The number of para-hydroxylation sites is 1. The van der Waals surface area contributed by atoms with E-state index in [2.05, 4.69) is 15.0 Å². The Hall–Kier alpha value is -4.02. The highest BCUT2D eigenvalue weighted by atomic mass is 19.4. The fraction of sp³-hybridized carbons (Fsp3) is 0.333. The average molecular weight is 528 g/mol. The Balaban J connectivity index is 1.55. The first-order valence-corrected chi connectivity index (χ1v) is 12.1. The molecule has 198 valence electrons. The van der Waals surface area contributed by atoms with Crippen molar-refractivity contribution in [3.05, 3.63) is 87.3 Å². The van der Waals surface area contributed by atoms with Gasteiger partial charge in [0.1, 0.15) is 11.3 Å². The molecule has 5 rings (SSSR count). The van der Waals surface area contributed by atoms with E-state index in [1.54, 1.807) is 12.1 Å². The molecule has 0 N–H and O–H groups in total. The SMILES string of the molecule is COc1cnc2c(cc(C3CCN(c4c(C)cccc4F)CC3)c(=O)n2Cc2ncccc2C(F)(F)F)n1. The van der Waals surface area contributed by atoms with Crippen molar-refractivity contribution >= 4 is 16.9 Å². The second kappa shape index (κ2) is 10.0. The maximum Gasteiger partial charge on any atom is 0.418 e. The van der Waals surface area contributed by atoms with E-state index in [-0.39, 0.29) is 29.0 Å². The third-order valence-electron chi connectivity index (χ3n) is 6.95. The lowest BCUT2D eigenvalue weighted by atomic mass is 9.89. The first kappa shape index (κ1) is 25.6. The molecule has 0 atom stereocenters. The van der Waals surface area contributed by atoms with Crippen LogP contribution in [0.5, 0.6) is 5.88 Å². The van der Waals surface area contributed by atoms with Gasteiger partial charge in [-0.15, -0.1) is 0 Å². The van der Waals surface area contributed by atoms with E-state index >= 15 is 0 Å². The van der Waals surface area contributed by atoms with Crippen molar-refractivity contribution in [2.75, 3.05) is 25.1 Å². The molecule has 11 heteroatoms. The highest BCUT2D eigenvalue weighted by Gasteiger charge is 2.34. The van der Waals surface area contributed by atoms with Gasteiger partial charge < -0.3 is 9.64 Å². The number of hydrogen-bond acceptors (Lipinski definition) is 6. The molecule has 1 aromatic carbocycles. The number of hydrogen-bond donors (Lipinski definition) is 0. The maximum atomic E-state index is 14.5. The van der Waals surface area contributed by atoms with Crippen molar-refractivity contribution < 1.29 is 22.3 Å². The minimum absolute atomic E-state index is 0.137. The predicted molar refractivity (Wildman–Crippen MR) is 134 cm³/mol. The van der Waals surface area contributed by atoms with Gasteiger partial charge in [0.25, 0.3) is 5.56 Å². The molecule has 1 saturated heterocycles. The average Bonchev–Trinajstić information content (AvgIpc) is 2.90. The number of aromatic nitrogens is 4. The monoisotopic (exact) mass is 527 g/mol. The molecule has 4 heterocycles. The minimum Gasteiger partial charge on any atom is -0.480 e. The number of benzene rings is 1. The topological polar surface area (TPSA) is 73.1 Å². The second-order valence-corrected chi connectivity index (χ2v) is 9.27. The van der Waals surface area contributed by atoms with Crippen molar-refractivity contribution in [1.82, 2.24) is 19.5 Å². The number of fused-ring (bicyclic) bond motifs is 1. The molecule has 38 heavy (non-hydrogen) atoms. The summed E-state index contributed by atoms with van der Waals surface area (Å²) in [6.07, 6.45) is -0.938. The first-order valence-electron chi connectivity index (χ1n) is 12.1. The summed E-state index contributed by atoms with van der Waals surface area (Å²) in [6, 6.07) is 8.73. The minimum atomic E-state index is -4.63. The molecule has 0 unspecified atom stereocenters. The van der Waals surface area contributed by atoms with E-state index in [0.29, 0.717) is 42.7 Å². The summed E-state index contributed by atoms with van der Waals surface area (Å²) in [5.74, 6) is -0.276. The zero-order valence-corrected chi connectivity index (χ0v) is 20.8. The van der Waals surface area contributed by atoms with Crippen molar-refractivity contribution in [3.8, 4) is 5.88 Å². The van der Waals surface area contributed by atoms with Gasteiger partial charge in [-0.1, -0.05) is 12.1 Å². The van der Waals surface area contributed by atoms with Gasteiger partial charge >= 0.3 is 6.18 Å². The normalized spacial score (nSPS) is 14.7.